The predicted octanol–water partition coefficient (Wildman–Crippen LogP) is 3.47. The summed E-state index contributed by atoms with van der Waals surface area (Å²) in [4.78, 5) is 25.8. The van der Waals surface area contributed by atoms with Crippen LogP contribution in [0.1, 0.15) is 26.4 Å². The lowest BCUT2D eigenvalue weighted by Gasteiger charge is -2.16. The molecule has 0 saturated heterocycles. The molecule has 2 amide bonds. The summed E-state index contributed by atoms with van der Waals surface area (Å²) in [7, 11) is 3.32. The molecular formula is C20H19BrN4O2. The van der Waals surface area contributed by atoms with Crippen molar-refractivity contribution in [1.29, 1.82) is 0 Å². The molecule has 138 valence electrons. The Morgan fingerprint density at radius 3 is 2.41 bits per heavy atom. The summed E-state index contributed by atoms with van der Waals surface area (Å²) in [5.74, 6) is -0.287. The molecule has 3 aromatic rings. The molecule has 0 unspecified atom stereocenters. The molecule has 3 rings (SSSR count). The Balaban J connectivity index is 1.68. The molecule has 0 spiro atoms. The minimum Gasteiger partial charge on any atom is -0.355 e. The minimum absolute atomic E-state index is 0.135. The van der Waals surface area contributed by atoms with E-state index in [1.54, 1.807) is 37.2 Å². The lowest BCUT2D eigenvalue weighted by atomic mass is 10.1. The van der Waals surface area contributed by atoms with Crippen LogP contribution >= 0.6 is 15.9 Å². The van der Waals surface area contributed by atoms with Crippen molar-refractivity contribution >= 4 is 27.7 Å². The number of aromatic nitrogens is 2. The molecule has 27 heavy (non-hydrogen) atoms. The Kier molecular flexibility index (Phi) is 5.71. The maximum atomic E-state index is 12.7. The van der Waals surface area contributed by atoms with Crippen LogP contribution < -0.4 is 5.32 Å². The molecule has 0 aliphatic heterocycles. The van der Waals surface area contributed by atoms with Crippen LogP contribution in [0.2, 0.25) is 0 Å². The maximum Gasteiger partial charge on any atom is 0.271 e. The number of carbonyl (C=O) groups is 2. The maximum absolute atomic E-state index is 12.7. The molecule has 2 N–H and O–H groups in total. The van der Waals surface area contributed by atoms with E-state index in [4.69, 9.17) is 0 Å². The van der Waals surface area contributed by atoms with E-state index in [1.807, 2.05) is 36.4 Å². The number of rotatable bonds is 5. The first-order chi connectivity index (χ1) is 13.0. The Bertz CT molecular complexity index is 949. The van der Waals surface area contributed by atoms with Gasteiger partial charge in [-0.25, -0.2) is 0 Å². The lowest BCUT2D eigenvalue weighted by Crippen LogP contribution is -2.26. The van der Waals surface area contributed by atoms with Crippen LogP contribution in [0.5, 0.6) is 0 Å². The summed E-state index contributed by atoms with van der Waals surface area (Å²) in [6.07, 6.45) is 0. The van der Waals surface area contributed by atoms with E-state index in [0.717, 1.165) is 15.6 Å². The van der Waals surface area contributed by atoms with E-state index in [1.165, 1.54) is 0 Å². The molecule has 1 aromatic heterocycles. The lowest BCUT2D eigenvalue weighted by molar-refractivity contribution is 0.0779. The summed E-state index contributed by atoms with van der Waals surface area (Å²) in [6, 6.07) is 16.7. The van der Waals surface area contributed by atoms with Crippen molar-refractivity contribution in [3.8, 4) is 11.3 Å². The highest BCUT2D eigenvalue weighted by Gasteiger charge is 2.16. The monoisotopic (exact) mass is 426 g/mol. The number of carbonyl (C=O) groups excluding carboxylic acids is 2. The van der Waals surface area contributed by atoms with Crippen molar-refractivity contribution in [2.75, 3.05) is 14.1 Å². The van der Waals surface area contributed by atoms with Crippen molar-refractivity contribution in [1.82, 2.24) is 20.4 Å². The van der Waals surface area contributed by atoms with Crippen LogP contribution in [0.15, 0.2) is 59.1 Å². The third-order valence-electron chi connectivity index (χ3n) is 4.16. The van der Waals surface area contributed by atoms with Gasteiger partial charge in [0, 0.05) is 36.2 Å². The van der Waals surface area contributed by atoms with Crippen LogP contribution in [0.4, 0.5) is 0 Å². The van der Waals surface area contributed by atoms with E-state index in [9.17, 15) is 9.59 Å². The molecule has 0 bridgehead atoms. The van der Waals surface area contributed by atoms with Crippen LogP contribution in [0.25, 0.3) is 11.3 Å². The van der Waals surface area contributed by atoms with Crippen molar-refractivity contribution < 1.29 is 9.59 Å². The number of nitrogens with one attached hydrogen (secondary N) is 2. The van der Waals surface area contributed by atoms with Gasteiger partial charge in [0.15, 0.2) is 0 Å². The first-order valence-electron chi connectivity index (χ1n) is 8.36. The first kappa shape index (κ1) is 18.8. The Labute approximate surface area is 165 Å². The standard InChI is InChI=1S/C20H19BrN4O2/c1-22-19(26)15-5-3-13(4-6-15)12-25(2)20(27)18-11-17(23-24-18)14-7-9-16(21)10-8-14/h3-11H,12H2,1-2H3,(H,22,26)(H,23,24). The van der Waals surface area contributed by atoms with Gasteiger partial charge < -0.3 is 10.2 Å². The number of hydrogen-bond acceptors (Lipinski definition) is 3. The van der Waals surface area contributed by atoms with Crippen LogP contribution in [-0.4, -0.2) is 41.0 Å². The largest absolute Gasteiger partial charge is 0.355 e. The quantitative estimate of drug-likeness (QED) is 0.655. The van der Waals surface area contributed by atoms with Gasteiger partial charge in [0.1, 0.15) is 5.69 Å². The molecule has 0 saturated carbocycles. The topological polar surface area (TPSA) is 78.1 Å². The third kappa shape index (κ3) is 4.43. The second-order valence-corrected chi connectivity index (χ2v) is 7.03. The van der Waals surface area contributed by atoms with Gasteiger partial charge in [-0.2, -0.15) is 5.10 Å². The summed E-state index contributed by atoms with van der Waals surface area (Å²) < 4.78 is 0.986. The summed E-state index contributed by atoms with van der Waals surface area (Å²) in [6.45, 7) is 0.430. The van der Waals surface area contributed by atoms with E-state index in [2.05, 4.69) is 31.4 Å². The van der Waals surface area contributed by atoms with Crippen LogP contribution in [0.3, 0.4) is 0 Å². The fraction of sp³-hybridized carbons (Fsp3) is 0.150. The summed E-state index contributed by atoms with van der Waals surface area (Å²) >= 11 is 3.40. The number of benzene rings is 2. The van der Waals surface area contributed by atoms with Crippen molar-refractivity contribution in [2.45, 2.75) is 6.54 Å². The zero-order chi connectivity index (χ0) is 19.4. The predicted molar refractivity (Wildman–Crippen MR) is 107 cm³/mol. The normalized spacial score (nSPS) is 10.5. The van der Waals surface area contributed by atoms with Crippen molar-refractivity contribution in [3.05, 3.63) is 75.9 Å². The molecule has 0 aliphatic rings. The summed E-state index contributed by atoms with van der Waals surface area (Å²) in [5.41, 5.74) is 3.60. The number of amides is 2. The van der Waals surface area contributed by atoms with Gasteiger partial charge in [-0.3, -0.25) is 14.7 Å². The van der Waals surface area contributed by atoms with Gasteiger partial charge in [0.05, 0.1) is 5.69 Å². The number of halogens is 1. The molecule has 0 fully saturated rings. The van der Waals surface area contributed by atoms with E-state index in [0.29, 0.717) is 23.5 Å². The third-order valence-corrected chi connectivity index (χ3v) is 4.69. The molecule has 0 aliphatic carbocycles. The summed E-state index contributed by atoms with van der Waals surface area (Å²) in [5, 5.41) is 9.63. The Morgan fingerprint density at radius 1 is 1.11 bits per heavy atom. The Morgan fingerprint density at radius 2 is 1.78 bits per heavy atom. The molecule has 7 heteroatoms. The first-order valence-corrected chi connectivity index (χ1v) is 9.15. The molecule has 1 heterocycles. The minimum atomic E-state index is -0.152. The van der Waals surface area contributed by atoms with Gasteiger partial charge in [-0.05, 0) is 35.9 Å². The zero-order valence-corrected chi connectivity index (χ0v) is 16.6. The molecule has 6 nitrogen and oxygen atoms in total. The van der Waals surface area contributed by atoms with Gasteiger partial charge in [0.25, 0.3) is 11.8 Å². The van der Waals surface area contributed by atoms with Crippen LogP contribution in [0, 0.1) is 0 Å². The SMILES string of the molecule is CNC(=O)c1ccc(CN(C)C(=O)c2cc(-c3ccc(Br)cc3)n[nH]2)cc1. The van der Waals surface area contributed by atoms with Crippen LogP contribution in [-0.2, 0) is 6.54 Å². The molecule has 0 radical (unpaired) electrons. The highest BCUT2D eigenvalue weighted by atomic mass is 79.9. The van der Waals surface area contributed by atoms with E-state index >= 15 is 0 Å². The van der Waals surface area contributed by atoms with Crippen molar-refractivity contribution in [3.63, 3.8) is 0 Å². The Hall–Kier alpha value is -2.93. The average molecular weight is 427 g/mol. The fourth-order valence-electron chi connectivity index (χ4n) is 2.66. The zero-order valence-electron chi connectivity index (χ0n) is 15.0. The van der Waals surface area contributed by atoms with Gasteiger partial charge >= 0.3 is 0 Å². The highest BCUT2D eigenvalue weighted by Crippen LogP contribution is 2.21. The number of nitrogens with zero attached hydrogens (tertiary/aromatic N) is 2. The number of H-pyrrole nitrogens is 1. The molecule has 2 aromatic carbocycles. The van der Waals surface area contributed by atoms with Crippen molar-refractivity contribution in [2.24, 2.45) is 0 Å². The molecule has 0 atom stereocenters. The van der Waals surface area contributed by atoms with E-state index in [-0.39, 0.29) is 11.8 Å². The van der Waals surface area contributed by atoms with Gasteiger partial charge in [-0.15, -0.1) is 0 Å². The van der Waals surface area contributed by atoms with Gasteiger partial charge in [-0.1, -0.05) is 40.2 Å². The second kappa shape index (κ2) is 8.18. The number of aromatic amines is 1. The fourth-order valence-corrected chi connectivity index (χ4v) is 2.92. The van der Waals surface area contributed by atoms with Gasteiger partial charge in [0.2, 0.25) is 0 Å². The highest BCUT2D eigenvalue weighted by molar-refractivity contribution is 9.10. The smallest absolute Gasteiger partial charge is 0.271 e. The van der Waals surface area contributed by atoms with E-state index < -0.39 is 0 Å². The second-order valence-electron chi connectivity index (χ2n) is 6.11. The number of hydrogen-bond donors (Lipinski definition) is 2. The molecular weight excluding hydrogens is 408 g/mol. The average Bonchev–Trinajstić information content (AvgIpc) is 3.18.